The Labute approximate surface area is 307 Å². The first kappa shape index (κ1) is 47.8. The molecule has 0 radical (unpaired) electrons. The minimum absolute atomic E-state index is 0.0477. The Balaban J connectivity index is 4.46. The average Bonchev–Trinajstić information content (AvgIpc) is 3.06. The number of nitrogens with zero attached hydrogens (tertiary/aromatic N) is 1. The number of aliphatic carboxylic acids is 1. The van der Waals surface area contributed by atoms with E-state index in [1.807, 2.05) is 27.2 Å². The van der Waals surface area contributed by atoms with E-state index < -0.39 is 18.1 Å². The molecule has 0 fully saturated rings. The Morgan fingerprint density at radius 2 is 1.10 bits per heavy atom. The van der Waals surface area contributed by atoms with Gasteiger partial charge in [0.1, 0.15) is 6.61 Å². The van der Waals surface area contributed by atoms with E-state index in [0.29, 0.717) is 19.3 Å². The summed E-state index contributed by atoms with van der Waals surface area (Å²) in [6.07, 6.45) is 35.1. The van der Waals surface area contributed by atoms with Gasteiger partial charge >= 0.3 is 17.9 Å². The van der Waals surface area contributed by atoms with Crippen LogP contribution in [0.1, 0.15) is 174 Å². The molecule has 50 heavy (non-hydrogen) atoms. The molecule has 0 aliphatic heterocycles. The molecule has 2 atom stereocenters. The van der Waals surface area contributed by atoms with E-state index in [9.17, 15) is 19.5 Å². The molecular weight excluding hydrogens is 630 g/mol. The minimum Gasteiger partial charge on any atom is -0.477 e. The van der Waals surface area contributed by atoms with E-state index in [2.05, 4.69) is 32.1 Å². The highest BCUT2D eigenvalue weighted by molar-refractivity contribution is 5.72. The van der Waals surface area contributed by atoms with Gasteiger partial charge in [0.25, 0.3) is 0 Å². The molecule has 0 saturated carbocycles. The van der Waals surface area contributed by atoms with Gasteiger partial charge in [-0.05, 0) is 32.1 Å². The number of carbonyl (C=O) groups excluding carboxylic acids is 2. The number of rotatable bonds is 36. The van der Waals surface area contributed by atoms with Gasteiger partial charge < -0.3 is 23.8 Å². The van der Waals surface area contributed by atoms with Gasteiger partial charge in [-0.1, -0.05) is 147 Å². The first-order chi connectivity index (χ1) is 24.1. The predicted octanol–water partition coefficient (Wildman–Crippen LogP) is 10.5. The van der Waals surface area contributed by atoms with Crippen molar-refractivity contribution in [3.63, 3.8) is 0 Å². The van der Waals surface area contributed by atoms with E-state index in [1.54, 1.807) is 0 Å². The summed E-state index contributed by atoms with van der Waals surface area (Å²) in [6, 6.07) is -0.617. The summed E-state index contributed by atoms with van der Waals surface area (Å²) in [5.74, 6) is -1.55. The second kappa shape index (κ2) is 33.9. The van der Waals surface area contributed by atoms with E-state index in [-0.39, 0.29) is 42.7 Å². The molecule has 0 aromatic carbocycles. The number of unbranched alkanes of at least 4 members (excludes halogenated alkanes) is 18. The van der Waals surface area contributed by atoms with Crippen LogP contribution in [0.2, 0.25) is 0 Å². The van der Waals surface area contributed by atoms with E-state index >= 15 is 0 Å². The van der Waals surface area contributed by atoms with Crippen LogP contribution in [0.4, 0.5) is 0 Å². The Hall–Kier alpha value is -2.19. The zero-order valence-electron chi connectivity index (χ0n) is 33.1. The normalized spacial score (nSPS) is 13.2. The van der Waals surface area contributed by atoms with Crippen LogP contribution >= 0.6 is 0 Å². The summed E-state index contributed by atoms with van der Waals surface area (Å²) in [5, 5.41) is 9.59. The highest BCUT2D eigenvalue weighted by Crippen LogP contribution is 2.14. The van der Waals surface area contributed by atoms with Crippen molar-refractivity contribution in [2.45, 2.75) is 187 Å². The molecule has 0 saturated heterocycles. The lowest BCUT2D eigenvalue weighted by atomic mass is 10.0. The highest BCUT2D eigenvalue weighted by Gasteiger charge is 2.31. The summed E-state index contributed by atoms with van der Waals surface area (Å²) in [5.41, 5.74) is 0. The molecule has 0 aliphatic rings. The maximum absolute atomic E-state index is 12.7. The lowest BCUT2D eigenvalue weighted by Gasteiger charge is -2.31. The molecule has 8 heteroatoms. The average molecular weight is 709 g/mol. The Bertz CT molecular complexity index is 880. The van der Waals surface area contributed by atoms with Crippen molar-refractivity contribution in [1.29, 1.82) is 0 Å². The van der Waals surface area contributed by atoms with Gasteiger partial charge in [-0.15, -0.1) is 0 Å². The Kier molecular flexibility index (Phi) is 32.4. The van der Waals surface area contributed by atoms with E-state index in [4.69, 9.17) is 14.2 Å². The smallest absolute Gasteiger partial charge is 0.362 e. The zero-order valence-corrected chi connectivity index (χ0v) is 33.1. The number of likely N-dealkylation sites (N-methyl/N-ethyl adjacent to an activating group) is 1. The van der Waals surface area contributed by atoms with Gasteiger partial charge in [0.15, 0.2) is 12.1 Å². The lowest BCUT2D eigenvalue weighted by Crippen LogP contribution is -2.50. The fraction of sp³-hybridized carbons (Fsp3) is 0.833. The molecular formula is C42H78NO7+. The molecule has 0 aliphatic carbocycles. The van der Waals surface area contributed by atoms with Crippen molar-refractivity contribution in [3.8, 4) is 0 Å². The standard InChI is InChI=1S/C42H77NO7/c1-6-8-10-12-14-16-18-20-22-24-26-28-30-32-40(44)49-37-38(36-48-35-34-39(42(46)47)43(3,4)5)50-41(45)33-31-29-27-25-23-21-19-17-15-13-11-9-7-2/h20,22,26,28,38-39H,6-19,21,23-25,27,29-37H2,1-5H3/p+1/b22-20+,28-26+. The van der Waals surface area contributed by atoms with Crippen LogP contribution in [0.15, 0.2) is 24.3 Å². The van der Waals surface area contributed by atoms with E-state index in [0.717, 1.165) is 32.1 Å². The van der Waals surface area contributed by atoms with Gasteiger partial charge in [-0.2, -0.15) is 0 Å². The van der Waals surface area contributed by atoms with Gasteiger partial charge in [-0.25, -0.2) is 4.79 Å². The number of ether oxygens (including phenoxy) is 3. The number of hydrogen-bond donors (Lipinski definition) is 1. The van der Waals surface area contributed by atoms with Crippen LogP contribution in [0.3, 0.4) is 0 Å². The van der Waals surface area contributed by atoms with Crippen molar-refractivity contribution in [2.24, 2.45) is 0 Å². The van der Waals surface area contributed by atoms with Crippen LogP contribution in [-0.4, -0.2) is 80.6 Å². The fourth-order valence-corrected chi connectivity index (χ4v) is 5.91. The number of quaternary nitrogens is 1. The van der Waals surface area contributed by atoms with E-state index in [1.165, 1.54) is 103 Å². The third-order valence-electron chi connectivity index (χ3n) is 9.12. The van der Waals surface area contributed by atoms with Crippen LogP contribution in [0, 0.1) is 0 Å². The first-order valence-electron chi connectivity index (χ1n) is 20.4. The van der Waals surface area contributed by atoms with Crippen molar-refractivity contribution < 1.29 is 38.2 Å². The number of allylic oxidation sites excluding steroid dienone is 4. The van der Waals surface area contributed by atoms with Crippen molar-refractivity contribution >= 4 is 17.9 Å². The molecule has 292 valence electrons. The minimum atomic E-state index is -0.881. The highest BCUT2D eigenvalue weighted by atomic mass is 16.6. The zero-order chi connectivity index (χ0) is 37.1. The van der Waals surface area contributed by atoms with Gasteiger partial charge in [-0.3, -0.25) is 9.59 Å². The van der Waals surface area contributed by atoms with Gasteiger partial charge in [0.05, 0.1) is 34.4 Å². The van der Waals surface area contributed by atoms with Crippen molar-refractivity contribution in [3.05, 3.63) is 24.3 Å². The van der Waals surface area contributed by atoms with Gasteiger partial charge in [0, 0.05) is 19.3 Å². The monoisotopic (exact) mass is 709 g/mol. The molecule has 8 nitrogen and oxygen atoms in total. The SMILES string of the molecule is CCCCCCCC/C=C/C/C=C/CCC(=O)OCC(COCCC(C(=O)O)[N+](C)(C)C)OC(=O)CCCCCCCCCCCCCCC. The molecule has 0 rings (SSSR count). The number of carboxylic acids is 1. The maximum atomic E-state index is 12.7. The molecule has 0 spiro atoms. The van der Waals surface area contributed by atoms with Crippen molar-refractivity contribution in [1.82, 2.24) is 0 Å². The quantitative estimate of drug-likeness (QED) is 0.0299. The number of hydrogen-bond acceptors (Lipinski definition) is 6. The summed E-state index contributed by atoms with van der Waals surface area (Å²) in [7, 11) is 5.51. The summed E-state index contributed by atoms with van der Waals surface area (Å²) >= 11 is 0. The number of carbonyl (C=O) groups is 3. The third-order valence-corrected chi connectivity index (χ3v) is 9.12. The van der Waals surface area contributed by atoms with Crippen LogP contribution < -0.4 is 0 Å². The largest absolute Gasteiger partial charge is 0.477 e. The third kappa shape index (κ3) is 31.8. The maximum Gasteiger partial charge on any atom is 0.362 e. The van der Waals surface area contributed by atoms with Crippen LogP contribution in [0.25, 0.3) is 0 Å². The Morgan fingerprint density at radius 1 is 0.600 bits per heavy atom. The topological polar surface area (TPSA) is 99.1 Å². The molecule has 0 bridgehead atoms. The molecule has 0 amide bonds. The number of carboxylic acid groups (broad SMARTS) is 1. The van der Waals surface area contributed by atoms with Crippen LogP contribution in [-0.2, 0) is 28.6 Å². The molecule has 0 heterocycles. The summed E-state index contributed by atoms with van der Waals surface area (Å²) < 4.78 is 17.2. The predicted molar refractivity (Wildman–Crippen MR) is 206 cm³/mol. The van der Waals surface area contributed by atoms with Gasteiger partial charge in [0.2, 0.25) is 0 Å². The lowest BCUT2D eigenvalue weighted by molar-refractivity contribution is -0.887. The molecule has 1 N–H and O–H groups in total. The second-order valence-electron chi connectivity index (χ2n) is 14.9. The van der Waals surface area contributed by atoms with Crippen LogP contribution in [0.5, 0.6) is 0 Å². The first-order valence-corrected chi connectivity index (χ1v) is 20.4. The van der Waals surface area contributed by atoms with Crippen molar-refractivity contribution in [2.75, 3.05) is 41.0 Å². The Morgan fingerprint density at radius 3 is 1.62 bits per heavy atom. The number of esters is 2. The summed E-state index contributed by atoms with van der Waals surface area (Å²) in [6.45, 7) is 4.66. The molecule has 0 aromatic rings. The molecule has 0 aromatic heterocycles. The second-order valence-corrected chi connectivity index (χ2v) is 14.9. The fourth-order valence-electron chi connectivity index (χ4n) is 5.91. The summed E-state index contributed by atoms with van der Waals surface area (Å²) in [4.78, 5) is 36.8. The molecule has 2 unspecified atom stereocenters.